The molecule has 6 heteroatoms. The minimum atomic E-state index is -0.309. The van der Waals surface area contributed by atoms with E-state index in [2.05, 4.69) is 5.32 Å². The Hall–Kier alpha value is -3.28. The fourth-order valence-electron chi connectivity index (χ4n) is 3.17. The van der Waals surface area contributed by atoms with Crippen LogP contribution in [0.3, 0.4) is 0 Å². The van der Waals surface area contributed by atoms with Gasteiger partial charge in [0.25, 0.3) is 5.91 Å². The highest BCUT2D eigenvalue weighted by Gasteiger charge is 2.21. The molecular formula is C22H24N2O4. The number of rotatable bonds is 6. The van der Waals surface area contributed by atoms with Crippen molar-refractivity contribution in [3.63, 3.8) is 0 Å². The molecule has 0 atom stereocenters. The fraction of sp³-hybridized carbons (Fsp3) is 0.273. The first-order valence-corrected chi connectivity index (χ1v) is 9.22. The summed E-state index contributed by atoms with van der Waals surface area (Å²) in [6.07, 6.45) is 5.16. The van der Waals surface area contributed by atoms with Crippen molar-refractivity contribution in [1.29, 1.82) is 0 Å². The molecule has 1 saturated heterocycles. The summed E-state index contributed by atoms with van der Waals surface area (Å²) in [6.45, 7) is 1.53. The van der Waals surface area contributed by atoms with Crippen LogP contribution in [0.5, 0.6) is 11.5 Å². The molecule has 0 radical (unpaired) electrons. The molecule has 0 bridgehead atoms. The summed E-state index contributed by atoms with van der Waals surface area (Å²) in [4.78, 5) is 26.9. The van der Waals surface area contributed by atoms with Crippen molar-refractivity contribution < 1.29 is 19.1 Å². The molecule has 2 aromatic carbocycles. The number of methoxy groups -OCH3 is 2. The molecule has 3 rings (SSSR count). The number of amides is 2. The van der Waals surface area contributed by atoms with Gasteiger partial charge in [-0.2, -0.15) is 0 Å². The number of para-hydroxylation sites is 1. The van der Waals surface area contributed by atoms with Crippen LogP contribution in [0.1, 0.15) is 28.8 Å². The van der Waals surface area contributed by atoms with E-state index in [1.165, 1.54) is 6.08 Å². The summed E-state index contributed by atoms with van der Waals surface area (Å²) in [5, 5.41) is 2.81. The van der Waals surface area contributed by atoms with Gasteiger partial charge in [0.1, 0.15) is 0 Å². The van der Waals surface area contributed by atoms with Crippen molar-refractivity contribution >= 4 is 23.6 Å². The van der Waals surface area contributed by atoms with E-state index in [1.54, 1.807) is 56.7 Å². The fourth-order valence-corrected chi connectivity index (χ4v) is 3.17. The van der Waals surface area contributed by atoms with Crippen molar-refractivity contribution in [3.05, 3.63) is 59.7 Å². The van der Waals surface area contributed by atoms with E-state index in [4.69, 9.17) is 9.47 Å². The Morgan fingerprint density at radius 2 is 1.71 bits per heavy atom. The summed E-state index contributed by atoms with van der Waals surface area (Å²) in [7, 11) is 3.13. The predicted molar refractivity (Wildman–Crippen MR) is 109 cm³/mol. The number of carbonyl (C=O) groups excluding carboxylic acids is 2. The van der Waals surface area contributed by atoms with Crippen LogP contribution in [0.25, 0.3) is 6.08 Å². The van der Waals surface area contributed by atoms with E-state index < -0.39 is 0 Å². The van der Waals surface area contributed by atoms with E-state index in [1.807, 2.05) is 11.0 Å². The van der Waals surface area contributed by atoms with Crippen LogP contribution in [-0.2, 0) is 4.79 Å². The third-order valence-corrected chi connectivity index (χ3v) is 4.64. The second kappa shape index (κ2) is 9.08. The Bertz CT molecular complexity index is 886. The maximum Gasteiger partial charge on any atom is 0.255 e. The lowest BCUT2D eigenvalue weighted by Crippen LogP contribution is -2.28. The van der Waals surface area contributed by atoms with Gasteiger partial charge in [-0.1, -0.05) is 18.2 Å². The normalized spacial score (nSPS) is 13.6. The molecule has 6 nitrogen and oxygen atoms in total. The molecule has 1 fully saturated rings. The van der Waals surface area contributed by atoms with Gasteiger partial charge in [0.2, 0.25) is 5.91 Å². The van der Waals surface area contributed by atoms with Gasteiger partial charge in [0, 0.05) is 19.2 Å². The predicted octanol–water partition coefficient (Wildman–Crippen LogP) is 3.59. The molecule has 2 amide bonds. The number of hydrogen-bond donors (Lipinski definition) is 1. The molecule has 1 aliphatic heterocycles. The highest BCUT2D eigenvalue weighted by Crippen LogP contribution is 2.28. The number of anilines is 1. The standard InChI is InChI=1S/C22H24N2O4/c1-27-19-11-9-16(15-20(19)28-2)10-12-21(25)23-18-8-4-3-7-17(18)22(26)24-13-5-6-14-24/h3-4,7-12,15H,5-6,13-14H2,1-2H3,(H,23,25). The van der Waals surface area contributed by atoms with Crippen LogP contribution in [0.15, 0.2) is 48.5 Å². The SMILES string of the molecule is COc1ccc(C=CC(=O)Nc2ccccc2C(=O)N2CCCC2)cc1OC. The molecule has 1 N–H and O–H groups in total. The van der Waals surface area contributed by atoms with Gasteiger partial charge in [-0.05, 0) is 48.7 Å². The van der Waals surface area contributed by atoms with E-state index in [0.29, 0.717) is 22.7 Å². The topological polar surface area (TPSA) is 67.9 Å². The Balaban J connectivity index is 1.71. The van der Waals surface area contributed by atoms with Gasteiger partial charge in [-0.15, -0.1) is 0 Å². The first-order chi connectivity index (χ1) is 13.6. The minimum absolute atomic E-state index is 0.0442. The third-order valence-electron chi connectivity index (χ3n) is 4.64. The summed E-state index contributed by atoms with van der Waals surface area (Å²) in [5.74, 6) is 0.860. The van der Waals surface area contributed by atoms with Crippen LogP contribution in [0.4, 0.5) is 5.69 Å². The Morgan fingerprint density at radius 1 is 1.00 bits per heavy atom. The van der Waals surface area contributed by atoms with E-state index in [0.717, 1.165) is 31.5 Å². The average molecular weight is 380 g/mol. The van der Waals surface area contributed by atoms with E-state index in [9.17, 15) is 9.59 Å². The average Bonchev–Trinajstić information content (AvgIpc) is 3.27. The van der Waals surface area contributed by atoms with Gasteiger partial charge in [0.15, 0.2) is 11.5 Å². The zero-order chi connectivity index (χ0) is 19.9. The minimum Gasteiger partial charge on any atom is -0.493 e. The van der Waals surface area contributed by atoms with Gasteiger partial charge in [0.05, 0.1) is 25.5 Å². The number of hydrogen-bond acceptors (Lipinski definition) is 4. The lowest BCUT2D eigenvalue weighted by molar-refractivity contribution is -0.111. The zero-order valence-corrected chi connectivity index (χ0v) is 16.1. The van der Waals surface area contributed by atoms with Crippen molar-refractivity contribution in [3.8, 4) is 11.5 Å². The quantitative estimate of drug-likeness (QED) is 0.778. The maximum atomic E-state index is 12.7. The maximum absolute atomic E-state index is 12.7. The van der Waals surface area contributed by atoms with E-state index in [-0.39, 0.29) is 11.8 Å². The highest BCUT2D eigenvalue weighted by atomic mass is 16.5. The molecule has 0 aliphatic carbocycles. The first kappa shape index (κ1) is 19.5. The molecule has 28 heavy (non-hydrogen) atoms. The van der Waals surface area contributed by atoms with Gasteiger partial charge in [-0.25, -0.2) is 0 Å². The number of ether oxygens (including phenoxy) is 2. The number of nitrogens with one attached hydrogen (secondary N) is 1. The summed E-state index contributed by atoms with van der Waals surface area (Å²) >= 11 is 0. The smallest absolute Gasteiger partial charge is 0.255 e. The highest BCUT2D eigenvalue weighted by molar-refractivity contribution is 6.07. The molecule has 2 aromatic rings. The first-order valence-electron chi connectivity index (χ1n) is 9.22. The number of benzene rings is 2. The van der Waals surface area contributed by atoms with Crippen LogP contribution in [0.2, 0.25) is 0 Å². The molecule has 0 unspecified atom stereocenters. The number of likely N-dealkylation sites (tertiary alicyclic amines) is 1. The van der Waals surface area contributed by atoms with E-state index >= 15 is 0 Å². The zero-order valence-electron chi connectivity index (χ0n) is 16.1. The summed E-state index contributed by atoms with van der Waals surface area (Å²) < 4.78 is 10.5. The molecule has 1 aliphatic rings. The summed E-state index contributed by atoms with van der Waals surface area (Å²) in [5.41, 5.74) is 1.83. The number of nitrogens with zero attached hydrogens (tertiary/aromatic N) is 1. The molecule has 0 saturated carbocycles. The molecule has 0 spiro atoms. The monoisotopic (exact) mass is 380 g/mol. The second-order valence-electron chi connectivity index (χ2n) is 6.48. The van der Waals surface area contributed by atoms with Crippen LogP contribution in [0, 0.1) is 0 Å². The van der Waals surface area contributed by atoms with Crippen LogP contribution >= 0.6 is 0 Å². The molecular weight excluding hydrogens is 356 g/mol. The number of carbonyl (C=O) groups is 2. The van der Waals surface area contributed by atoms with Crippen molar-refractivity contribution in [2.45, 2.75) is 12.8 Å². The summed E-state index contributed by atoms with van der Waals surface area (Å²) in [6, 6.07) is 12.5. The molecule has 1 heterocycles. The van der Waals surface area contributed by atoms with Gasteiger partial charge >= 0.3 is 0 Å². The van der Waals surface area contributed by atoms with Gasteiger partial charge in [-0.3, -0.25) is 9.59 Å². The second-order valence-corrected chi connectivity index (χ2v) is 6.48. The lowest BCUT2D eigenvalue weighted by Gasteiger charge is -2.17. The van der Waals surface area contributed by atoms with Crippen LogP contribution in [-0.4, -0.2) is 44.0 Å². The van der Waals surface area contributed by atoms with Crippen LogP contribution < -0.4 is 14.8 Å². The van der Waals surface area contributed by atoms with Crippen molar-refractivity contribution in [2.75, 3.05) is 32.6 Å². The Kier molecular flexibility index (Phi) is 6.32. The van der Waals surface area contributed by atoms with Crippen molar-refractivity contribution in [1.82, 2.24) is 4.90 Å². The molecule has 146 valence electrons. The molecule has 0 aromatic heterocycles. The van der Waals surface area contributed by atoms with Crippen molar-refractivity contribution in [2.24, 2.45) is 0 Å². The van der Waals surface area contributed by atoms with Gasteiger partial charge < -0.3 is 19.7 Å². The third kappa shape index (κ3) is 4.52. The largest absolute Gasteiger partial charge is 0.493 e. The Morgan fingerprint density at radius 3 is 2.43 bits per heavy atom. The lowest BCUT2D eigenvalue weighted by atomic mass is 10.1. The Labute approximate surface area is 164 Å².